The Hall–Kier alpha value is -0.0800. The van der Waals surface area contributed by atoms with Gasteiger partial charge >= 0.3 is 0 Å². The number of hydrogen-bond acceptors (Lipinski definition) is 2. The van der Waals surface area contributed by atoms with E-state index >= 15 is 0 Å². The average Bonchev–Trinajstić information content (AvgIpc) is 2.27. The molecule has 3 unspecified atom stereocenters. The van der Waals surface area contributed by atoms with Gasteiger partial charge in [0.2, 0.25) is 0 Å². The summed E-state index contributed by atoms with van der Waals surface area (Å²) >= 11 is 0. The largest absolute Gasteiger partial charge is 0.375 e. The lowest BCUT2D eigenvalue weighted by Crippen LogP contribution is -2.35. The van der Waals surface area contributed by atoms with Crippen LogP contribution in [-0.4, -0.2) is 18.2 Å². The van der Waals surface area contributed by atoms with Crippen LogP contribution in [0.15, 0.2) is 0 Å². The number of rotatable bonds is 2. The van der Waals surface area contributed by atoms with Crippen LogP contribution in [0, 0.1) is 11.8 Å². The van der Waals surface area contributed by atoms with Gasteiger partial charge in [-0.05, 0) is 56.8 Å². The third-order valence-electron chi connectivity index (χ3n) is 4.65. The van der Waals surface area contributed by atoms with Gasteiger partial charge < -0.3 is 10.5 Å². The molecular weight excluding hydrogens is 198 g/mol. The quantitative estimate of drug-likeness (QED) is 0.783. The van der Waals surface area contributed by atoms with Gasteiger partial charge in [0.25, 0.3) is 0 Å². The third-order valence-corrected chi connectivity index (χ3v) is 4.65. The normalized spacial score (nSPS) is 45.6. The van der Waals surface area contributed by atoms with Crippen molar-refractivity contribution in [2.75, 3.05) is 0 Å². The fraction of sp³-hybridized carbons (Fsp3) is 1.00. The van der Waals surface area contributed by atoms with Gasteiger partial charge in [0.1, 0.15) is 0 Å². The molecule has 16 heavy (non-hydrogen) atoms. The molecule has 0 radical (unpaired) electrons. The molecule has 0 spiro atoms. The first-order valence-electron chi connectivity index (χ1n) is 7.06. The maximum atomic E-state index is 6.24. The Labute approximate surface area is 99.9 Å². The van der Waals surface area contributed by atoms with Gasteiger partial charge in [0.15, 0.2) is 0 Å². The summed E-state index contributed by atoms with van der Waals surface area (Å²) < 4.78 is 6.24. The minimum atomic E-state index is 0.435. The van der Waals surface area contributed by atoms with Crippen LogP contribution < -0.4 is 5.73 Å². The second kappa shape index (κ2) is 5.50. The summed E-state index contributed by atoms with van der Waals surface area (Å²) in [6.45, 7) is 4.75. The Bertz CT molecular complexity index is 211. The van der Waals surface area contributed by atoms with E-state index in [1.54, 1.807) is 0 Å². The number of hydrogen-bond donors (Lipinski definition) is 1. The molecule has 0 heterocycles. The fourth-order valence-corrected chi connectivity index (χ4v) is 3.12. The van der Waals surface area contributed by atoms with E-state index < -0.39 is 0 Å². The summed E-state index contributed by atoms with van der Waals surface area (Å²) in [6.07, 6.45) is 9.60. The number of ether oxygens (including phenoxy) is 1. The zero-order valence-electron chi connectivity index (χ0n) is 10.8. The molecule has 2 saturated carbocycles. The molecule has 94 valence electrons. The van der Waals surface area contributed by atoms with Crippen molar-refractivity contribution in [3.63, 3.8) is 0 Å². The van der Waals surface area contributed by atoms with Crippen LogP contribution in [0.4, 0.5) is 0 Å². The van der Waals surface area contributed by atoms with E-state index in [0.29, 0.717) is 18.2 Å². The van der Waals surface area contributed by atoms with Crippen LogP contribution in [0.5, 0.6) is 0 Å². The first-order valence-corrected chi connectivity index (χ1v) is 7.06. The van der Waals surface area contributed by atoms with Crippen molar-refractivity contribution < 1.29 is 4.74 Å². The van der Waals surface area contributed by atoms with Crippen LogP contribution >= 0.6 is 0 Å². The van der Waals surface area contributed by atoms with Crippen molar-refractivity contribution >= 4 is 0 Å². The van der Waals surface area contributed by atoms with E-state index in [0.717, 1.165) is 24.7 Å². The molecular formula is C14H27NO. The van der Waals surface area contributed by atoms with Crippen molar-refractivity contribution in [2.24, 2.45) is 17.6 Å². The van der Waals surface area contributed by atoms with Gasteiger partial charge in [-0.15, -0.1) is 0 Å². The molecule has 0 aromatic heterocycles. The molecule has 0 aliphatic heterocycles. The van der Waals surface area contributed by atoms with Gasteiger partial charge in [-0.25, -0.2) is 0 Å². The smallest absolute Gasteiger partial charge is 0.0581 e. The Morgan fingerprint density at radius 1 is 0.812 bits per heavy atom. The third kappa shape index (κ3) is 3.21. The summed E-state index contributed by atoms with van der Waals surface area (Å²) in [5.41, 5.74) is 5.91. The number of nitrogens with two attached hydrogens (primary N) is 1. The Morgan fingerprint density at radius 2 is 1.44 bits per heavy atom. The van der Waals surface area contributed by atoms with Crippen LogP contribution in [0.25, 0.3) is 0 Å². The molecule has 2 heteroatoms. The standard InChI is InChI=1S/C14H27NO/c1-10-3-6-14(9-11(10)2)16-13-7-4-12(15)5-8-13/h10-14H,3-9,15H2,1-2H3. The minimum Gasteiger partial charge on any atom is -0.375 e. The van der Waals surface area contributed by atoms with Crippen LogP contribution in [0.1, 0.15) is 58.8 Å². The lowest BCUT2D eigenvalue weighted by atomic mass is 9.80. The van der Waals surface area contributed by atoms with Crippen molar-refractivity contribution in [1.82, 2.24) is 0 Å². The van der Waals surface area contributed by atoms with Crippen molar-refractivity contribution in [1.29, 1.82) is 0 Å². The van der Waals surface area contributed by atoms with Gasteiger partial charge in [-0.3, -0.25) is 0 Å². The van der Waals surface area contributed by atoms with Crippen molar-refractivity contribution in [3.8, 4) is 0 Å². The molecule has 2 N–H and O–H groups in total. The monoisotopic (exact) mass is 225 g/mol. The SMILES string of the molecule is CC1CCC(OC2CCC(N)CC2)CC1C. The zero-order valence-corrected chi connectivity index (χ0v) is 10.8. The summed E-state index contributed by atoms with van der Waals surface area (Å²) in [5.74, 6) is 1.73. The molecule has 2 aliphatic rings. The molecule has 0 bridgehead atoms. The van der Waals surface area contributed by atoms with Gasteiger partial charge in [-0.1, -0.05) is 13.8 Å². The van der Waals surface area contributed by atoms with Crippen LogP contribution in [0.2, 0.25) is 0 Å². The highest BCUT2D eigenvalue weighted by atomic mass is 16.5. The highest BCUT2D eigenvalue weighted by molar-refractivity contribution is 4.79. The summed E-state index contributed by atoms with van der Waals surface area (Å²) in [6, 6.07) is 0.435. The fourth-order valence-electron chi connectivity index (χ4n) is 3.12. The topological polar surface area (TPSA) is 35.2 Å². The Morgan fingerprint density at radius 3 is 2.06 bits per heavy atom. The molecule has 3 atom stereocenters. The molecule has 0 aromatic carbocycles. The molecule has 0 amide bonds. The molecule has 2 aliphatic carbocycles. The molecule has 0 saturated heterocycles. The maximum Gasteiger partial charge on any atom is 0.0581 e. The second-order valence-electron chi connectivity index (χ2n) is 6.06. The summed E-state index contributed by atoms with van der Waals surface area (Å²) in [7, 11) is 0. The van der Waals surface area contributed by atoms with Gasteiger partial charge in [0, 0.05) is 6.04 Å². The lowest BCUT2D eigenvalue weighted by molar-refractivity contribution is -0.0617. The Kier molecular flexibility index (Phi) is 4.26. The molecule has 2 fully saturated rings. The van der Waals surface area contributed by atoms with Crippen LogP contribution in [-0.2, 0) is 4.74 Å². The van der Waals surface area contributed by atoms with Gasteiger partial charge in [0.05, 0.1) is 12.2 Å². The van der Waals surface area contributed by atoms with E-state index in [9.17, 15) is 0 Å². The molecule has 0 aromatic rings. The first kappa shape index (κ1) is 12.4. The maximum absolute atomic E-state index is 6.24. The first-order chi connectivity index (χ1) is 7.65. The van der Waals surface area contributed by atoms with E-state index in [4.69, 9.17) is 10.5 Å². The highest BCUT2D eigenvalue weighted by Crippen LogP contribution is 2.33. The predicted molar refractivity (Wildman–Crippen MR) is 67.3 cm³/mol. The summed E-state index contributed by atoms with van der Waals surface area (Å²) in [4.78, 5) is 0. The second-order valence-corrected chi connectivity index (χ2v) is 6.06. The zero-order chi connectivity index (χ0) is 11.5. The molecule has 2 nitrogen and oxygen atoms in total. The lowest BCUT2D eigenvalue weighted by Gasteiger charge is -2.36. The van der Waals surface area contributed by atoms with Gasteiger partial charge in [-0.2, -0.15) is 0 Å². The average molecular weight is 225 g/mol. The summed E-state index contributed by atoms with van der Waals surface area (Å²) in [5, 5.41) is 0. The van der Waals surface area contributed by atoms with E-state index in [2.05, 4.69) is 13.8 Å². The van der Waals surface area contributed by atoms with E-state index in [1.807, 2.05) is 0 Å². The molecule has 2 rings (SSSR count). The Balaban J connectivity index is 1.73. The minimum absolute atomic E-state index is 0.435. The highest BCUT2D eigenvalue weighted by Gasteiger charge is 2.28. The van der Waals surface area contributed by atoms with Crippen molar-refractivity contribution in [2.45, 2.75) is 77.0 Å². The van der Waals surface area contributed by atoms with E-state index in [-0.39, 0.29) is 0 Å². The predicted octanol–water partition coefficient (Wildman–Crippen LogP) is 3.10. The van der Waals surface area contributed by atoms with Crippen LogP contribution in [0.3, 0.4) is 0 Å². The van der Waals surface area contributed by atoms with Crippen molar-refractivity contribution in [3.05, 3.63) is 0 Å². The van der Waals surface area contributed by atoms with E-state index in [1.165, 1.54) is 32.1 Å².